The van der Waals surface area contributed by atoms with E-state index in [4.69, 9.17) is 33.7 Å². The molecule has 57 heavy (non-hydrogen) atoms. The Morgan fingerprint density at radius 3 is 1.98 bits per heavy atom. The summed E-state index contributed by atoms with van der Waals surface area (Å²) in [5, 5.41) is 3.32. The molecule has 2 unspecified atom stereocenters. The fourth-order valence-corrected chi connectivity index (χ4v) is 7.64. The fraction of sp³-hybridized carbons (Fsp3) is 0.289. The lowest BCUT2D eigenvalue weighted by Gasteiger charge is -2.29. The summed E-state index contributed by atoms with van der Waals surface area (Å²) in [5.41, 5.74) is 6.56. The Morgan fingerprint density at radius 2 is 1.35 bits per heavy atom. The number of hydrogen-bond acceptors (Lipinski definition) is 10. The molecule has 0 fully saturated rings. The van der Waals surface area contributed by atoms with Gasteiger partial charge in [-0.2, -0.15) is 0 Å². The number of anilines is 1. The van der Waals surface area contributed by atoms with E-state index in [-0.39, 0.29) is 17.9 Å². The minimum Gasteiger partial charge on any atom is -0.497 e. The summed E-state index contributed by atoms with van der Waals surface area (Å²) >= 11 is 0. The van der Waals surface area contributed by atoms with Gasteiger partial charge in [0.05, 0.1) is 68.6 Å². The van der Waals surface area contributed by atoms with E-state index in [1.54, 1.807) is 55.4 Å². The van der Waals surface area contributed by atoms with Crippen LogP contribution in [0, 0.1) is 0 Å². The molecule has 0 saturated heterocycles. The third-order valence-electron chi connectivity index (χ3n) is 10.7. The number of fused-ring (bicyclic) bond motifs is 4. The number of nitrogens with zero attached hydrogens (tertiary/aromatic N) is 4. The summed E-state index contributed by atoms with van der Waals surface area (Å²) in [7, 11) is 4.73. The van der Waals surface area contributed by atoms with Crippen LogP contribution in [-0.2, 0) is 0 Å². The molecule has 0 bridgehead atoms. The zero-order valence-electron chi connectivity index (χ0n) is 32.7. The lowest BCUT2D eigenvalue weighted by atomic mass is 9.93. The Labute approximate surface area is 332 Å². The van der Waals surface area contributed by atoms with E-state index in [1.165, 1.54) is 0 Å². The highest BCUT2D eigenvalue weighted by Gasteiger charge is 2.42. The molecule has 0 spiro atoms. The minimum atomic E-state index is -0.636. The largest absolute Gasteiger partial charge is 0.497 e. The molecule has 12 nitrogen and oxygen atoms in total. The molecule has 8 rings (SSSR count). The van der Waals surface area contributed by atoms with Crippen LogP contribution >= 0.6 is 0 Å². The highest BCUT2D eigenvalue weighted by molar-refractivity contribution is 6.07. The predicted octanol–water partition coefficient (Wildman–Crippen LogP) is 8.33. The van der Waals surface area contributed by atoms with E-state index in [0.29, 0.717) is 78.0 Å². The number of amides is 2. The SMILES string of the molecule is CCNc1ccc(C2=CN3C(=O)c4cc(OC)c(OCCCOc5cc6c(cc5OC)C(=O)N5C=C(c7ccc(OC)cc7)CC5(C)C=N6)cc4N=CC3C2)cc1. The van der Waals surface area contributed by atoms with Gasteiger partial charge in [-0.05, 0) is 72.5 Å². The van der Waals surface area contributed by atoms with Crippen molar-refractivity contribution in [1.29, 1.82) is 0 Å². The molecule has 4 aliphatic rings. The van der Waals surface area contributed by atoms with Gasteiger partial charge in [0.2, 0.25) is 0 Å². The second-order valence-electron chi connectivity index (χ2n) is 14.5. The molecule has 4 aliphatic heterocycles. The maximum atomic E-state index is 14.0. The van der Waals surface area contributed by atoms with Crippen LogP contribution in [0.5, 0.6) is 28.7 Å². The van der Waals surface area contributed by atoms with Crippen molar-refractivity contribution in [3.63, 3.8) is 0 Å². The maximum absolute atomic E-state index is 14.0. The van der Waals surface area contributed by atoms with E-state index in [1.807, 2.05) is 56.0 Å². The highest BCUT2D eigenvalue weighted by Crippen LogP contribution is 2.44. The minimum absolute atomic E-state index is 0.143. The average molecular weight is 768 g/mol. The van der Waals surface area contributed by atoms with Gasteiger partial charge >= 0.3 is 0 Å². The molecule has 4 aromatic rings. The van der Waals surface area contributed by atoms with Crippen LogP contribution in [0.3, 0.4) is 0 Å². The summed E-state index contributed by atoms with van der Waals surface area (Å²) in [6.45, 7) is 5.53. The number of ether oxygens (including phenoxy) is 5. The van der Waals surface area contributed by atoms with Crippen molar-refractivity contribution in [2.45, 2.75) is 44.7 Å². The Bertz CT molecular complexity index is 2330. The number of methoxy groups -OCH3 is 3. The molecule has 0 aliphatic carbocycles. The first-order valence-corrected chi connectivity index (χ1v) is 19.1. The topological polar surface area (TPSA) is 124 Å². The third kappa shape index (κ3) is 7.19. The number of aliphatic imine (C=N–C) groups is 2. The molecule has 4 heterocycles. The van der Waals surface area contributed by atoms with Gasteiger partial charge in [-0.1, -0.05) is 24.3 Å². The van der Waals surface area contributed by atoms with E-state index in [2.05, 4.69) is 36.5 Å². The molecule has 0 saturated carbocycles. The van der Waals surface area contributed by atoms with Gasteiger partial charge in [-0.3, -0.25) is 19.6 Å². The Kier molecular flexibility index (Phi) is 10.2. The summed E-state index contributed by atoms with van der Waals surface area (Å²) in [6.07, 6.45) is 9.31. The first-order chi connectivity index (χ1) is 27.7. The zero-order chi connectivity index (χ0) is 39.7. The number of nitrogens with one attached hydrogen (secondary N) is 1. The van der Waals surface area contributed by atoms with Crippen LogP contribution in [0.4, 0.5) is 17.1 Å². The van der Waals surface area contributed by atoms with Gasteiger partial charge in [0.1, 0.15) is 5.75 Å². The maximum Gasteiger partial charge on any atom is 0.260 e. The number of hydrogen-bond donors (Lipinski definition) is 1. The molecule has 0 radical (unpaired) electrons. The lowest BCUT2D eigenvalue weighted by molar-refractivity contribution is 0.0762. The normalized spacial score (nSPS) is 19.1. The second kappa shape index (κ2) is 15.5. The molecule has 2 atom stereocenters. The van der Waals surface area contributed by atoms with Gasteiger partial charge in [-0.15, -0.1) is 0 Å². The van der Waals surface area contributed by atoms with E-state index >= 15 is 0 Å². The molecule has 0 aromatic heterocycles. The highest BCUT2D eigenvalue weighted by atomic mass is 16.5. The molecular weight excluding hydrogens is 723 g/mol. The lowest BCUT2D eigenvalue weighted by Crippen LogP contribution is -2.43. The average Bonchev–Trinajstić information content (AvgIpc) is 3.77. The van der Waals surface area contributed by atoms with Crippen LogP contribution in [0.15, 0.2) is 95.2 Å². The Morgan fingerprint density at radius 1 is 0.737 bits per heavy atom. The zero-order valence-corrected chi connectivity index (χ0v) is 32.7. The van der Waals surface area contributed by atoms with Gasteiger partial charge in [0.25, 0.3) is 11.8 Å². The van der Waals surface area contributed by atoms with E-state index < -0.39 is 5.54 Å². The summed E-state index contributed by atoms with van der Waals surface area (Å²) in [6, 6.07) is 22.8. The van der Waals surface area contributed by atoms with Crippen molar-refractivity contribution in [2.75, 3.05) is 46.4 Å². The van der Waals surface area contributed by atoms with Gasteiger partial charge in [0, 0.05) is 68.5 Å². The Hall–Kier alpha value is -6.56. The van der Waals surface area contributed by atoms with Gasteiger partial charge in [-0.25, -0.2) is 0 Å². The molecule has 12 heteroatoms. The van der Waals surface area contributed by atoms with Crippen LogP contribution in [-0.4, -0.2) is 86.7 Å². The van der Waals surface area contributed by atoms with Crippen LogP contribution < -0.4 is 29.0 Å². The summed E-state index contributed by atoms with van der Waals surface area (Å²) < 4.78 is 29.0. The first-order valence-electron chi connectivity index (χ1n) is 19.1. The van der Waals surface area contributed by atoms with Crippen molar-refractivity contribution in [3.05, 3.63) is 107 Å². The van der Waals surface area contributed by atoms with Crippen LogP contribution in [0.1, 0.15) is 65.0 Å². The number of benzene rings is 4. The monoisotopic (exact) mass is 767 g/mol. The summed E-state index contributed by atoms with van der Waals surface area (Å²) in [5.74, 6) is 2.29. The van der Waals surface area contributed by atoms with E-state index in [9.17, 15) is 9.59 Å². The van der Waals surface area contributed by atoms with Gasteiger partial charge in [0.15, 0.2) is 23.0 Å². The molecule has 2 amide bonds. The van der Waals surface area contributed by atoms with Crippen molar-refractivity contribution < 1.29 is 33.3 Å². The smallest absolute Gasteiger partial charge is 0.260 e. The summed E-state index contributed by atoms with van der Waals surface area (Å²) in [4.78, 5) is 40.8. The predicted molar refractivity (Wildman–Crippen MR) is 221 cm³/mol. The number of rotatable bonds is 13. The second-order valence-corrected chi connectivity index (χ2v) is 14.5. The molecule has 1 N–H and O–H groups in total. The fourth-order valence-electron chi connectivity index (χ4n) is 7.64. The van der Waals surface area contributed by atoms with Crippen molar-refractivity contribution in [2.24, 2.45) is 9.98 Å². The molecular formula is C45H45N5O7. The van der Waals surface area contributed by atoms with Crippen molar-refractivity contribution in [3.8, 4) is 28.7 Å². The quantitative estimate of drug-likeness (QED) is 0.135. The van der Waals surface area contributed by atoms with Crippen molar-refractivity contribution >= 4 is 52.5 Å². The van der Waals surface area contributed by atoms with Crippen molar-refractivity contribution in [1.82, 2.24) is 9.80 Å². The van der Waals surface area contributed by atoms with Crippen LogP contribution in [0.25, 0.3) is 11.1 Å². The standard InChI is InChI=1S/C45H45N5O7/c1-6-46-32-12-8-28(9-13-32)30-18-33-24-47-37-21-41(39(54-4)19-35(37)43(51)49(33)25-30)56-16-7-17-57-42-22-38-36(20-40(42)55-5)44(52)50-26-31(23-45(50,2)27-48-38)29-10-14-34(53-3)15-11-29/h8-15,19-22,24-27,33,46H,6-7,16-18,23H2,1-5H3. The van der Waals surface area contributed by atoms with Crippen LogP contribution in [0.2, 0.25) is 0 Å². The Balaban J connectivity index is 0.912. The molecule has 292 valence electrons. The van der Waals surface area contributed by atoms with Gasteiger partial charge < -0.3 is 38.8 Å². The molecule has 4 aromatic carbocycles. The number of carbonyl (C=O) groups is 2. The first kappa shape index (κ1) is 37.4. The number of carbonyl (C=O) groups excluding carboxylic acids is 2. The third-order valence-corrected chi connectivity index (χ3v) is 10.7. The van der Waals surface area contributed by atoms with E-state index in [0.717, 1.165) is 40.3 Å².